The predicted octanol–water partition coefficient (Wildman–Crippen LogP) is -0.0702. The van der Waals surface area contributed by atoms with Gasteiger partial charge in [-0.25, -0.2) is 9.78 Å². The number of β-lactam (4-membered cyclic amide) rings is 1. The van der Waals surface area contributed by atoms with Gasteiger partial charge in [0.1, 0.15) is 28.9 Å². The number of rotatable bonds is 6. The van der Waals surface area contributed by atoms with Gasteiger partial charge >= 0.3 is 5.97 Å². The van der Waals surface area contributed by atoms with Crippen molar-refractivity contribution in [2.24, 2.45) is 5.16 Å². The van der Waals surface area contributed by atoms with Gasteiger partial charge in [0, 0.05) is 22.6 Å². The van der Waals surface area contributed by atoms with Crippen LogP contribution in [0.3, 0.4) is 0 Å². The Hall–Kier alpha value is -2.25. The highest BCUT2D eigenvalue weighted by Gasteiger charge is 2.53. The summed E-state index contributed by atoms with van der Waals surface area (Å²) in [6.07, 6.45) is 1.41. The number of carbonyl (C=O) groups is 3. The van der Waals surface area contributed by atoms with Crippen molar-refractivity contribution < 1.29 is 24.3 Å². The second-order valence-electron chi connectivity index (χ2n) is 6.05. The number of thiazole rings is 1. The number of anilines is 1. The predicted molar refractivity (Wildman–Crippen MR) is 106 cm³/mol. The van der Waals surface area contributed by atoms with Crippen molar-refractivity contribution in [2.45, 2.75) is 17.5 Å². The van der Waals surface area contributed by atoms with Crippen LogP contribution in [0.5, 0.6) is 0 Å². The summed E-state index contributed by atoms with van der Waals surface area (Å²) < 4.78 is 0. The number of nitrogen functional groups attached to an aromatic ring is 1. The molecule has 148 valence electrons. The molecule has 0 saturated carbocycles. The van der Waals surface area contributed by atoms with Crippen LogP contribution in [0.4, 0.5) is 5.13 Å². The molecule has 2 atom stereocenters. The van der Waals surface area contributed by atoms with Crippen molar-refractivity contribution in [3.8, 4) is 0 Å². The molecule has 3 aliphatic rings. The first kappa shape index (κ1) is 19.1. The van der Waals surface area contributed by atoms with E-state index in [4.69, 9.17) is 10.6 Å². The number of nitrogens with zero attached hydrogens (tertiary/aromatic N) is 3. The molecule has 13 heteroatoms. The highest BCUT2D eigenvalue weighted by Crippen LogP contribution is 2.37. The van der Waals surface area contributed by atoms with Crippen molar-refractivity contribution in [2.75, 3.05) is 23.0 Å². The number of carboxylic acid groups (broad SMARTS) is 1. The average molecular weight is 442 g/mol. The zero-order valence-electron chi connectivity index (χ0n) is 14.2. The lowest BCUT2D eigenvalue weighted by Gasteiger charge is -2.48. The molecule has 0 aromatic carbocycles. The molecule has 0 spiro atoms. The number of hydrogen-bond acceptors (Lipinski definition) is 10. The van der Waals surface area contributed by atoms with Gasteiger partial charge in [-0.3, -0.25) is 14.5 Å². The number of aliphatic carboxylic acids is 1. The maximum Gasteiger partial charge on any atom is 0.352 e. The Kier molecular flexibility index (Phi) is 5.21. The van der Waals surface area contributed by atoms with Gasteiger partial charge in [-0.05, 0) is 6.08 Å². The highest BCUT2D eigenvalue weighted by molar-refractivity contribution is 8.00. The summed E-state index contributed by atoms with van der Waals surface area (Å²) in [6.45, 7) is 0. The van der Waals surface area contributed by atoms with Gasteiger partial charge < -0.3 is 21.0 Å². The Labute approximate surface area is 171 Å². The smallest absolute Gasteiger partial charge is 0.352 e. The lowest BCUT2D eigenvalue weighted by atomic mass is 10.0. The van der Waals surface area contributed by atoms with Gasteiger partial charge in [-0.1, -0.05) is 5.16 Å². The third-order valence-electron chi connectivity index (χ3n) is 4.23. The van der Waals surface area contributed by atoms with Gasteiger partial charge in [0.25, 0.3) is 11.8 Å². The van der Waals surface area contributed by atoms with E-state index in [1.54, 1.807) is 17.1 Å². The maximum atomic E-state index is 12.8. The molecule has 4 rings (SSSR count). The fourth-order valence-corrected chi connectivity index (χ4v) is 5.04. The van der Waals surface area contributed by atoms with E-state index < -0.39 is 29.2 Å². The molecule has 3 aliphatic heterocycles. The van der Waals surface area contributed by atoms with Gasteiger partial charge in [0.05, 0.1) is 0 Å². The maximum absolute atomic E-state index is 12.8. The average Bonchev–Trinajstić information content (AvgIpc) is 3.06. The summed E-state index contributed by atoms with van der Waals surface area (Å²) in [4.78, 5) is 47.1. The highest BCUT2D eigenvalue weighted by atomic mass is 32.2. The summed E-state index contributed by atoms with van der Waals surface area (Å²) in [5, 5.41) is 17.2. The molecule has 2 fully saturated rings. The summed E-state index contributed by atoms with van der Waals surface area (Å²) in [5.41, 5.74) is 5.79. The van der Waals surface area contributed by atoms with Crippen LogP contribution in [-0.4, -0.2) is 73.3 Å². The minimum atomic E-state index is -1.17. The summed E-state index contributed by atoms with van der Waals surface area (Å²) in [6, 6.07) is -0.846. The summed E-state index contributed by atoms with van der Waals surface area (Å²) >= 11 is 4.24. The molecule has 1 aromatic heterocycles. The third kappa shape index (κ3) is 3.44. The molecule has 2 saturated heterocycles. The molecule has 0 bridgehead atoms. The number of nitrogens with one attached hydrogen (secondary N) is 1. The van der Waals surface area contributed by atoms with Crippen molar-refractivity contribution in [3.63, 3.8) is 0 Å². The van der Waals surface area contributed by atoms with Crippen LogP contribution in [0.1, 0.15) is 5.69 Å². The lowest BCUT2D eigenvalue weighted by Crippen LogP contribution is -2.70. The van der Waals surface area contributed by atoms with Gasteiger partial charge in [0.15, 0.2) is 10.8 Å². The monoisotopic (exact) mass is 441 g/mol. The Morgan fingerprint density at radius 3 is 2.82 bits per heavy atom. The fourth-order valence-electron chi connectivity index (χ4n) is 2.75. The van der Waals surface area contributed by atoms with Crippen LogP contribution in [0.25, 0.3) is 0 Å². The minimum Gasteiger partial charge on any atom is -0.477 e. The van der Waals surface area contributed by atoms with Crippen LogP contribution < -0.4 is 11.1 Å². The normalized spacial score (nSPS) is 24.6. The van der Waals surface area contributed by atoms with E-state index in [9.17, 15) is 19.5 Å². The second-order valence-corrected chi connectivity index (χ2v) is 9.17. The Morgan fingerprint density at radius 2 is 2.21 bits per heavy atom. The molecular weight excluding hydrogens is 426 g/mol. The standard InChI is InChI=1S/C15H15N5O5S3/c16-15-17-7(5-28-15)9(19-25-6-3-26-4-6)11(21)18-10-12(22)20-8(14(23)24)1-2-27-13(10)20/h1,5-6,10,13H,2-4H2,(H2,16,17)(H,18,21)(H,23,24)/b19-9-/t10?,13-/m1/s1. The second kappa shape index (κ2) is 7.64. The molecule has 1 unspecified atom stereocenters. The number of amides is 2. The van der Waals surface area contributed by atoms with Crippen molar-refractivity contribution in [1.29, 1.82) is 0 Å². The largest absolute Gasteiger partial charge is 0.477 e. The third-order valence-corrected chi connectivity index (χ3v) is 7.30. The molecule has 1 aromatic rings. The van der Waals surface area contributed by atoms with Crippen molar-refractivity contribution >= 4 is 63.5 Å². The van der Waals surface area contributed by atoms with Crippen LogP contribution in [0, 0.1) is 0 Å². The Bertz CT molecular complexity index is 896. The van der Waals surface area contributed by atoms with Gasteiger partial charge in [-0.15, -0.1) is 23.1 Å². The van der Waals surface area contributed by atoms with E-state index in [0.717, 1.165) is 22.8 Å². The number of nitrogens with two attached hydrogens (primary N) is 1. The first-order valence-electron chi connectivity index (χ1n) is 8.17. The van der Waals surface area contributed by atoms with E-state index in [1.165, 1.54) is 22.7 Å². The van der Waals surface area contributed by atoms with E-state index in [-0.39, 0.29) is 28.3 Å². The van der Waals surface area contributed by atoms with Crippen molar-refractivity contribution in [1.82, 2.24) is 15.2 Å². The molecule has 0 aliphatic carbocycles. The summed E-state index contributed by atoms with van der Waals surface area (Å²) in [5.74, 6) is -0.257. The fraction of sp³-hybridized carbons (Fsp3) is 0.400. The zero-order chi connectivity index (χ0) is 19.8. The summed E-state index contributed by atoms with van der Waals surface area (Å²) in [7, 11) is 0. The number of hydrogen-bond donors (Lipinski definition) is 3. The Balaban J connectivity index is 1.49. The number of carbonyl (C=O) groups excluding carboxylic acids is 2. The van der Waals surface area contributed by atoms with Crippen LogP contribution >= 0.6 is 34.9 Å². The molecule has 4 N–H and O–H groups in total. The van der Waals surface area contributed by atoms with E-state index in [2.05, 4.69) is 15.5 Å². The Morgan fingerprint density at radius 1 is 1.43 bits per heavy atom. The van der Waals surface area contributed by atoms with Gasteiger partial charge in [0.2, 0.25) is 0 Å². The van der Waals surface area contributed by atoms with Crippen LogP contribution in [0.2, 0.25) is 0 Å². The number of aromatic nitrogens is 1. The molecule has 10 nitrogen and oxygen atoms in total. The van der Waals surface area contributed by atoms with E-state index in [1.807, 2.05) is 0 Å². The number of fused-ring (bicyclic) bond motifs is 1. The lowest BCUT2D eigenvalue weighted by molar-refractivity contribution is -0.150. The molecule has 0 radical (unpaired) electrons. The molecule has 2 amide bonds. The topological polar surface area (TPSA) is 147 Å². The van der Waals surface area contributed by atoms with E-state index in [0.29, 0.717) is 5.75 Å². The van der Waals surface area contributed by atoms with Crippen LogP contribution in [0.15, 0.2) is 22.3 Å². The molecule has 28 heavy (non-hydrogen) atoms. The number of carboxylic acids is 1. The number of oxime groups is 1. The quantitative estimate of drug-likeness (QED) is 0.313. The van der Waals surface area contributed by atoms with Crippen LogP contribution in [-0.2, 0) is 19.2 Å². The first-order chi connectivity index (χ1) is 13.5. The van der Waals surface area contributed by atoms with E-state index >= 15 is 0 Å². The molecular formula is C15H15N5O5S3. The van der Waals surface area contributed by atoms with Gasteiger partial charge in [-0.2, -0.15) is 11.8 Å². The SMILES string of the molecule is Nc1nc(/C(=N/OC2CSC2)C(=O)NC2C(=O)N3C(C(=O)O)=CCS[C@H]23)cs1. The number of thioether (sulfide) groups is 2. The zero-order valence-corrected chi connectivity index (χ0v) is 16.7. The minimum absolute atomic E-state index is 0.0637. The molecule has 4 heterocycles. The van der Waals surface area contributed by atoms with Crippen molar-refractivity contribution in [3.05, 3.63) is 22.8 Å². The first-order valence-corrected chi connectivity index (χ1v) is 11.3.